The van der Waals surface area contributed by atoms with Gasteiger partial charge in [-0.3, -0.25) is 0 Å². The largest absolute Gasteiger partial charge is 0.497 e. The maximum atomic E-state index is 10.3. The Bertz CT molecular complexity index is 627. The van der Waals surface area contributed by atoms with E-state index in [4.69, 9.17) is 21.1 Å². The lowest BCUT2D eigenvalue weighted by atomic mass is 9.95. The molecule has 2 aromatic rings. The van der Waals surface area contributed by atoms with Crippen LogP contribution in [0.15, 0.2) is 42.5 Å². The van der Waals surface area contributed by atoms with Crippen LogP contribution in [0.5, 0.6) is 11.5 Å². The second-order valence-electron chi connectivity index (χ2n) is 4.78. The molecule has 0 saturated heterocycles. The average Bonchev–Trinajstić information content (AvgIpc) is 2.47. The van der Waals surface area contributed by atoms with Gasteiger partial charge in [0.1, 0.15) is 17.6 Å². The second kappa shape index (κ2) is 5.35. The van der Waals surface area contributed by atoms with Gasteiger partial charge in [0.25, 0.3) is 0 Å². The Kier molecular flexibility index (Phi) is 3.55. The van der Waals surface area contributed by atoms with Crippen LogP contribution in [0.1, 0.15) is 29.8 Å². The van der Waals surface area contributed by atoms with Gasteiger partial charge in [-0.1, -0.05) is 29.8 Å². The third kappa shape index (κ3) is 2.35. The second-order valence-corrected chi connectivity index (χ2v) is 5.19. The van der Waals surface area contributed by atoms with Crippen molar-refractivity contribution >= 4 is 11.6 Å². The van der Waals surface area contributed by atoms with Crippen LogP contribution in [0.4, 0.5) is 0 Å². The zero-order valence-electron chi connectivity index (χ0n) is 11.0. The summed E-state index contributed by atoms with van der Waals surface area (Å²) in [5.74, 6) is 1.39. The number of fused-ring (bicyclic) bond motifs is 1. The molecule has 1 aliphatic heterocycles. The molecule has 0 spiro atoms. The first-order valence-corrected chi connectivity index (χ1v) is 6.84. The van der Waals surface area contributed by atoms with E-state index in [1.807, 2.05) is 42.5 Å². The first kappa shape index (κ1) is 13.3. The first-order valence-electron chi connectivity index (χ1n) is 6.46. The Morgan fingerprint density at radius 1 is 1.20 bits per heavy atom. The Labute approximate surface area is 122 Å². The molecule has 0 bridgehead atoms. The molecule has 3 nitrogen and oxygen atoms in total. The number of ether oxygens (including phenoxy) is 2. The van der Waals surface area contributed by atoms with Gasteiger partial charge in [-0.2, -0.15) is 0 Å². The van der Waals surface area contributed by atoms with Gasteiger partial charge in [0.05, 0.1) is 13.2 Å². The normalized spacial score (nSPS) is 20.9. The molecule has 0 saturated carbocycles. The summed E-state index contributed by atoms with van der Waals surface area (Å²) in [6.45, 7) is 0. The van der Waals surface area contributed by atoms with Crippen LogP contribution >= 0.6 is 11.6 Å². The zero-order valence-corrected chi connectivity index (χ0v) is 11.8. The highest BCUT2D eigenvalue weighted by Gasteiger charge is 2.29. The standard InChI is InChI=1S/C16H15ClO3/c1-19-10-6-7-15-12(8-10)14(18)9-16(20-15)11-4-2-3-5-13(11)17/h2-8,14,16,18H,9H2,1H3/t14-,16?/m1/s1. The summed E-state index contributed by atoms with van der Waals surface area (Å²) in [6, 6.07) is 13.0. The topological polar surface area (TPSA) is 38.7 Å². The highest BCUT2D eigenvalue weighted by atomic mass is 35.5. The van der Waals surface area contributed by atoms with E-state index in [9.17, 15) is 5.11 Å². The molecule has 1 unspecified atom stereocenters. The van der Waals surface area contributed by atoms with Crippen LogP contribution in [0.25, 0.3) is 0 Å². The molecule has 0 amide bonds. The number of hydrogen-bond acceptors (Lipinski definition) is 3. The fourth-order valence-corrected chi connectivity index (χ4v) is 2.74. The van der Waals surface area contributed by atoms with Gasteiger partial charge in [-0.05, 0) is 24.3 Å². The molecule has 4 heteroatoms. The smallest absolute Gasteiger partial charge is 0.128 e. The number of benzene rings is 2. The van der Waals surface area contributed by atoms with Crippen molar-refractivity contribution in [2.45, 2.75) is 18.6 Å². The number of halogens is 1. The molecule has 1 aliphatic rings. The molecule has 0 radical (unpaired) electrons. The van der Waals surface area contributed by atoms with E-state index in [0.29, 0.717) is 22.9 Å². The van der Waals surface area contributed by atoms with E-state index in [2.05, 4.69) is 0 Å². The van der Waals surface area contributed by atoms with Crippen LogP contribution in [0.3, 0.4) is 0 Å². The van der Waals surface area contributed by atoms with Crippen LogP contribution < -0.4 is 9.47 Å². The third-order valence-corrected chi connectivity index (χ3v) is 3.88. The number of hydrogen-bond donors (Lipinski definition) is 1. The van der Waals surface area contributed by atoms with Crippen molar-refractivity contribution < 1.29 is 14.6 Å². The summed E-state index contributed by atoms with van der Waals surface area (Å²) in [6.07, 6.45) is -0.348. The van der Waals surface area contributed by atoms with E-state index >= 15 is 0 Å². The van der Waals surface area contributed by atoms with E-state index in [-0.39, 0.29) is 6.10 Å². The Hall–Kier alpha value is -1.71. The number of rotatable bonds is 2. The van der Waals surface area contributed by atoms with Crippen molar-refractivity contribution in [1.82, 2.24) is 0 Å². The summed E-state index contributed by atoms with van der Waals surface area (Å²) >= 11 is 6.20. The summed E-state index contributed by atoms with van der Waals surface area (Å²) in [5.41, 5.74) is 1.65. The molecule has 0 aromatic heterocycles. The molecule has 3 rings (SSSR count). The van der Waals surface area contributed by atoms with E-state index in [0.717, 1.165) is 11.1 Å². The Morgan fingerprint density at radius 3 is 2.75 bits per heavy atom. The fraction of sp³-hybridized carbons (Fsp3) is 0.250. The predicted octanol–water partition coefficient (Wildman–Crippen LogP) is 3.91. The van der Waals surface area contributed by atoms with Gasteiger partial charge in [-0.15, -0.1) is 0 Å². The quantitative estimate of drug-likeness (QED) is 0.911. The van der Waals surface area contributed by atoms with Crippen molar-refractivity contribution in [3.05, 3.63) is 58.6 Å². The van der Waals surface area contributed by atoms with Gasteiger partial charge >= 0.3 is 0 Å². The zero-order chi connectivity index (χ0) is 14.1. The molecule has 104 valence electrons. The van der Waals surface area contributed by atoms with Crippen molar-refractivity contribution in [2.75, 3.05) is 7.11 Å². The van der Waals surface area contributed by atoms with Crippen LogP contribution in [0.2, 0.25) is 5.02 Å². The minimum Gasteiger partial charge on any atom is -0.497 e. The van der Waals surface area contributed by atoms with Crippen LogP contribution in [-0.2, 0) is 0 Å². The lowest BCUT2D eigenvalue weighted by Crippen LogP contribution is -2.19. The van der Waals surface area contributed by atoms with Gasteiger partial charge in [0.2, 0.25) is 0 Å². The summed E-state index contributed by atoms with van der Waals surface area (Å²) < 4.78 is 11.1. The lowest BCUT2D eigenvalue weighted by molar-refractivity contribution is 0.0655. The molecular formula is C16H15ClO3. The van der Waals surface area contributed by atoms with Crippen LogP contribution in [-0.4, -0.2) is 12.2 Å². The summed E-state index contributed by atoms with van der Waals surface area (Å²) in [5, 5.41) is 11.0. The highest BCUT2D eigenvalue weighted by molar-refractivity contribution is 6.31. The first-order chi connectivity index (χ1) is 9.69. The van der Waals surface area contributed by atoms with Crippen molar-refractivity contribution in [2.24, 2.45) is 0 Å². The molecule has 20 heavy (non-hydrogen) atoms. The number of aliphatic hydroxyl groups is 1. The molecule has 1 heterocycles. The third-order valence-electron chi connectivity index (χ3n) is 3.53. The minimum atomic E-state index is -0.588. The fourth-order valence-electron chi connectivity index (χ4n) is 2.48. The van der Waals surface area contributed by atoms with Crippen molar-refractivity contribution in [3.8, 4) is 11.5 Å². The lowest BCUT2D eigenvalue weighted by Gasteiger charge is -2.30. The monoisotopic (exact) mass is 290 g/mol. The van der Waals surface area contributed by atoms with E-state index in [1.165, 1.54) is 0 Å². The molecule has 1 N–H and O–H groups in total. The van der Waals surface area contributed by atoms with Crippen LogP contribution in [0, 0.1) is 0 Å². The van der Waals surface area contributed by atoms with Gasteiger partial charge in [0, 0.05) is 22.6 Å². The minimum absolute atomic E-state index is 0.236. The molecule has 0 aliphatic carbocycles. The summed E-state index contributed by atoms with van der Waals surface area (Å²) in [4.78, 5) is 0. The van der Waals surface area contributed by atoms with Gasteiger partial charge in [0.15, 0.2) is 0 Å². The number of methoxy groups -OCH3 is 1. The maximum absolute atomic E-state index is 10.3. The highest BCUT2D eigenvalue weighted by Crippen LogP contribution is 2.43. The summed E-state index contributed by atoms with van der Waals surface area (Å²) in [7, 11) is 1.60. The van der Waals surface area contributed by atoms with E-state index < -0.39 is 6.10 Å². The Balaban J connectivity index is 1.95. The Morgan fingerprint density at radius 2 is 2.00 bits per heavy atom. The maximum Gasteiger partial charge on any atom is 0.128 e. The molecule has 2 atom stereocenters. The predicted molar refractivity (Wildman–Crippen MR) is 77.4 cm³/mol. The van der Waals surface area contributed by atoms with Crippen molar-refractivity contribution in [1.29, 1.82) is 0 Å². The van der Waals surface area contributed by atoms with Gasteiger partial charge < -0.3 is 14.6 Å². The van der Waals surface area contributed by atoms with E-state index in [1.54, 1.807) is 7.11 Å². The average molecular weight is 291 g/mol. The number of aliphatic hydroxyl groups excluding tert-OH is 1. The van der Waals surface area contributed by atoms with Gasteiger partial charge in [-0.25, -0.2) is 0 Å². The molecular weight excluding hydrogens is 276 g/mol. The molecule has 2 aromatic carbocycles. The van der Waals surface area contributed by atoms with Crippen molar-refractivity contribution in [3.63, 3.8) is 0 Å². The SMILES string of the molecule is COc1ccc2c(c1)[C@H](O)CC(c1ccccc1Cl)O2. The molecule has 0 fully saturated rings.